The van der Waals surface area contributed by atoms with Crippen LogP contribution in [-0.4, -0.2) is 30.0 Å². The predicted molar refractivity (Wildman–Crippen MR) is 65.9 cm³/mol. The van der Waals surface area contributed by atoms with Gasteiger partial charge in [0.1, 0.15) is 0 Å². The molecule has 2 aliphatic carbocycles. The van der Waals surface area contributed by atoms with E-state index >= 15 is 0 Å². The van der Waals surface area contributed by atoms with Crippen LogP contribution in [0.4, 0.5) is 0 Å². The van der Waals surface area contributed by atoms with Gasteiger partial charge in [0.25, 0.3) is 0 Å². The molecule has 3 N–H and O–H groups in total. The number of carbonyl (C=O) groups is 1. The lowest BCUT2D eigenvalue weighted by atomic mass is 9.65. The van der Waals surface area contributed by atoms with Gasteiger partial charge in [-0.25, -0.2) is 5.43 Å². The summed E-state index contributed by atoms with van der Waals surface area (Å²) in [4.78, 5) is 12.4. The van der Waals surface area contributed by atoms with Crippen LogP contribution in [-0.2, 0) is 4.79 Å². The Kier molecular flexibility index (Phi) is 3.09. The fraction of sp³-hybridized carbons (Fsp3) is 0.923. The highest BCUT2D eigenvalue weighted by Gasteiger charge is 2.41. The Morgan fingerprint density at radius 2 is 1.88 bits per heavy atom. The molecule has 4 heteroatoms. The van der Waals surface area contributed by atoms with Gasteiger partial charge in [0.2, 0.25) is 5.91 Å². The molecule has 2 atom stereocenters. The number of amides is 1. The summed E-state index contributed by atoms with van der Waals surface area (Å²) >= 11 is 0. The summed E-state index contributed by atoms with van der Waals surface area (Å²) in [5, 5.41) is 1.84. The van der Waals surface area contributed by atoms with E-state index in [0.717, 1.165) is 32.4 Å². The minimum absolute atomic E-state index is 0.232. The number of nitrogens with zero attached hydrogens (tertiary/aromatic N) is 1. The predicted octanol–water partition coefficient (Wildman–Crippen LogP) is 0.877. The number of nitrogens with two attached hydrogens (primary N) is 1. The van der Waals surface area contributed by atoms with Crippen LogP contribution in [0.1, 0.15) is 38.5 Å². The lowest BCUT2D eigenvalue weighted by Gasteiger charge is -2.44. The second-order valence-electron chi connectivity index (χ2n) is 5.95. The summed E-state index contributed by atoms with van der Waals surface area (Å²) < 4.78 is 0. The van der Waals surface area contributed by atoms with Crippen molar-refractivity contribution in [3.8, 4) is 0 Å². The molecule has 1 amide bonds. The largest absolute Gasteiger partial charge is 0.327 e. The van der Waals surface area contributed by atoms with E-state index in [1.54, 1.807) is 0 Å². The van der Waals surface area contributed by atoms with Crippen molar-refractivity contribution in [1.82, 2.24) is 10.4 Å². The van der Waals surface area contributed by atoms with Crippen LogP contribution in [0.25, 0.3) is 0 Å². The van der Waals surface area contributed by atoms with Crippen molar-refractivity contribution < 1.29 is 4.79 Å². The van der Waals surface area contributed by atoms with E-state index in [1.807, 2.05) is 5.01 Å². The van der Waals surface area contributed by atoms with Crippen molar-refractivity contribution in [2.24, 2.45) is 23.5 Å². The molecule has 2 saturated carbocycles. The van der Waals surface area contributed by atoms with Gasteiger partial charge in [0, 0.05) is 25.0 Å². The molecular weight excluding hydrogens is 214 g/mol. The van der Waals surface area contributed by atoms with Crippen LogP contribution in [0.3, 0.4) is 0 Å². The second-order valence-corrected chi connectivity index (χ2v) is 5.95. The van der Waals surface area contributed by atoms with Gasteiger partial charge < -0.3 is 5.73 Å². The highest BCUT2D eigenvalue weighted by Crippen LogP contribution is 2.42. The molecule has 2 bridgehead atoms. The first-order chi connectivity index (χ1) is 8.25. The molecule has 2 unspecified atom stereocenters. The minimum Gasteiger partial charge on any atom is -0.327 e. The van der Waals surface area contributed by atoms with E-state index < -0.39 is 0 Å². The van der Waals surface area contributed by atoms with Gasteiger partial charge in [-0.2, -0.15) is 0 Å². The van der Waals surface area contributed by atoms with Crippen LogP contribution in [0.5, 0.6) is 0 Å². The van der Waals surface area contributed by atoms with Gasteiger partial charge in [0.15, 0.2) is 0 Å². The zero-order chi connectivity index (χ0) is 11.8. The summed E-state index contributed by atoms with van der Waals surface area (Å²) in [6, 6.07) is 0.360. The maximum Gasteiger partial charge on any atom is 0.239 e. The van der Waals surface area contributed by atoms with E-state index in [-0.39, 0.29) is 5.92 Å². The first-order valence-electron chi connectivity index (χ1n) is 7.06. The maximum absolute atomic E-state index is 12.4. The summed E-state index contributed by atoms with van der Waals surface area (Å²) in [5.41, 5.74) is 9.44. The minimum atomic E-state index is 0.232. The summed E-state index contributed by atoms with van der Waals surface area (Å²) in [7, 11) is 0. The molecule has 96 valence electrons. The number of hydrazine groups is 1. The highest BCUT2D eigenvalue weighted by atomic mass is 16.2. The third-order valence-corrected chi connectivity index (χ3v) is 4.89. The average Bonchev–Trinajstić information content (AvgIpc) is 2.81. The molecule has 17 heavy (non-hydrogen) atoms. The Labute approximate surface area is 103 Å². The number of hydrogen-bond donors (Lipinski definition) is 2. The quantitative estimate of drug-likeness (QED) is 0.711. The first kappa shape index (κ1) is 11.5. The maximum atomic E-state index is 12.4. The van der Waals surface area contributed by atoms with Crippen molar-refractivity contribution in [1.29, 1.82) is 0 Å². The van der Waals surface area contributed by atoms with E-state index in [4.69, 9.17) is 5.73 Å². The number of nitrogens with one attached hydrogen (secondary N) is 1. The third-order valence-electron chi connectivity index (χ3n) is 4.89. The average molecular weight is 237 g/mol. The standard InChI is InChI=1S/C13H23N3O/c14-12-9-3-1-4-10(12)8-11(7-9)13(17)16-6-2-5-15-16/h9-12,15H,1-8,14H2. The van der Waals surface area contributed by atoms with Gasteiger partial charge in [-0.1, -0.05) is 6.42 Å². The molecular formula is C13H23N3O. The topological polar surface area (TPSA) is 58.4 Å². The Balaban J connectivity index is 1.66. The third kappa shape index (κ3) is 2.08. The van der Waals surface area contributed by atoms with E-state index in [9.17, 15) is 4.79 Å². The number of rotatable bonds is 1. The van der Waals surface area contributed by atoms with Crippen molar-refractivity contribution >= 4 is 5.91 Å². The van der Waals surface area contributed by atoms with Crippen molar-refractivity contribution in [2.75, 3.05) is 13.1 Å². The zero-order valence-corrected chi connectivity index (χ0v) is 10.4. The number of fused-ring (bicyclic) bond motifs is 2. The fourth-order valence-electron chi connectivity index (χ4n) is 3.93. The van der Waals surface area contributed by atoms with Crippen LogP contribution in [0.15, 0.2) is 0 Å². The molecule has 0 aromatic rings. The fourth-order valence-corrected chi connectivity index (χ4v) is 3.93. The molecule has 3 aliphatic rings. The van der Waals surface area contributed by atoms with Crippen LogP contribution >= 0.6 is 0 Å². The molecule has 0 spiro atoms. The molecule has 1 saturated heterocycles. The van der Waals surface area contributed by atoms with E-state index in [0.29, 0.717) is 23.8 Å². The van der Waals surface area contributed by atoms with Gasteiger partial charge >= 0.3 is 0 Å². The Morgan fingerprint density at radius 1 is 1.18 bits per heavy atom. The first-order valence-corrected chi connectivity index (χ1v) is 7.06. The Morgan fingerprint density at radius 3 is 2.47 bits per heavy atom. The smallest absolute Gasteiger partial charge is 0.239 e. The molecule has 4 nitrogen and oxygen atoms in total. The lowest BCUT2D eigenvalue weighted by molar-refractivity contribution is -0.140. The normalized spacial score (nSPS) is 41.6. The summed E-state index contributed by atoms with van der Waals surface area (Å²) in [6.45, 7) is 1.83. The molecule has 0 aromatic heterocycles. The van der Waals surface area contributed by atoms with E-state index in [2.05, 4.69) is 5.43 Å². The molecule has 0 aromatic carbocycles. The SMILES string of the molecule is NC1C2CCCC1CC(C(=O)N1CCCN1)C2. The van der Waals surface area contributed by atoms with Crippen LogP contribution in [0, 0.1) is 17.8 Å². The summed E-state index contributed by atoms with van der Waals surface area (Å²) in [5.74, 6) is 1.75. The van der Waals surface area contributed by atoms with Gasteiger partial charge in [-0.15, -0.1) is 0 Å². The second kappa shape index (κ2) is 4.58. The number of hydrogen-bond acceptors (Lipinski definition) is 3. The van der Waals surface area contributed by atoms with Crippen molar-refractivity contribution in [3.05, 3.63) is 0 Å². The molecule has 1 aliphatic heterocycles. The molecule has 0 radical (unpaired) electrons. The number of carbonyl (C=O) groups excluding carboxylic acids is 1. The molecule has 1 heterocycles. The van der Waals surface area contributed by atoms with Gasteiger partial charge in [-0.3, -0.25) is 9.80 Å². The molecule has 3 rings (SSSR count). The van der Waals surface area contributed by atoms with Crippen molar-refractivity contribution in [2.45, 2.75) is 44.6 Å². The molecule has 3 fully saturated rings. The van der Waals surface area contributed by atoms with Crippen LogP contribution < -0.4 is 11.2 Å². The van der Waals surface area contributed by atoms with E-state index in [1.165, 1.54) is 19.3 Å². The summed E-state index contributed by atoms with van der Waals surface area (Å²) in [6.07, 6.45) is 6.91. The van der Waals surface area contributed by atoms with Gasteiger partial charge in [-0.05, 0) is 43.9 Å². The lowest BCUT2D eigenvalue weighted by Crippen LogP contribution is -2.50. The highest BCUT2D eigenvalue weighted by molar-refractivity contribution is 5.78. The van der Waals surface area contributed by atoms with Gasteiger partial charge in [0.05, 0.1) is 0 Å². The van der Waals surface area contributed by atoms with Crippen LogP contribution in [0.2, 0.25) is 0 Å². The monoisotopic (exact) mass is 237 g/mol. The zero-order valence-electron chi connectivity index (χ0n) is 10.4. The van der Waals surface area contributed by atoms with Crippen molar-refractivity contribution in [3.63, 3.8) is 0 Å². The Bertz CT molecular complexity index is 287. The Hall–Kier alpha value is -0.610.